The topological polar surface area (TPSA) is 54.6 Å². The lowest BCUT2D eigenvalue weighted by Gasteiger charge is -2.03. The normalized spacial score (nSPS) is 11.3. The molecule has 0 radical (unpaired) electrons. The van der Waals surface area contributed by atoms with Crippen LogP contribution in [0.1, 0.15) is 9.67 Å². The number of thiazole rings is 1. The summed E-state index contributed by atoms with van der Waals surface area (Å²) in [7, 11) is 0. The van der Waals surface area contributed by atoms with Crippen LogP contribution in [0.5, 0.6) is 0 Å². The third-order valence-electron chi connectivity index (χ3n) is 4.61. The van der Waals surface area contributed by atoms with Gasteiger partial charge in [0.25, 0.3) is 0 Å². The van der Waals surface area contributed by atoms with Crippen LogP contribution in [-0.2, 0) is 0 Å². The fraction of sp³-hybridized carbons (Fsp3) is 0. The lowest BCUT2D eigenvalue weighted by molar-refractivity contribution is 0.0702. The minimum absolute atomic E-state index is 0.300. The Hall–Kier alpha value is -3.44. The maximum Gasteiger partial charge on any atom is 0.348 e. The molecule has 0 unspecified atom stereocenters. The maximum atomic E-state index is 11.7. The average Bonchev–Trinajstić information content (AvgIpc) is 3.26. The van der Waals surface area contributed by atoms with Gasteiger partial charge in [0.1, 0.15) is 4.88 Å². The molecule has 2 aromatic heterocycles. The molecule has 4 nitrogen and oxygen atoms in total. The number of imidazole rings is 1. The van der Waals surface area contributed by atoms with Gasteiger partial charge in [-0.2, -0.15) is 0 Å². The first kappa shape index (κ1) is 15.8. The van der Waals surface area contributed by atoms with Crippen LogP contribution in [0.25, 0.3) is 38.2 Å². The zero-order valence-corrected chi connectivity index (χ0v) is 15.0. The Morgan fingerprint density at radius 1 is 0.889 bits per heavy atom. The van der Waals surface area contributed by atoms with Gasteiger partial charge in [-0.1, -0.05) is 78.1 Å². The van der Waals surface area contributed by atoms with E-state index in [1.807, 2.05) is 53.1 Å². The zero-order chi connectivity index (χ0) is 18.4. The van der Waals surface area contributed by atoms with Crippen molar-refractivity contribution in [2.24, 2.45) is 0 Å². The van der Waals surface area contributed by atoms with E-state index in [0.717, 1.165) is 22.2 Å². The van der Waals surface area contributed by atoms with Crippen molar-refractivity contribution in [3.63, 3.8) is 0 Å². The average molecular weight is 370 g/mol. The van der Waals surface area contributed by atoms with Crippen LogP contribution in [0.15, 0.2) is 79.0 Å². The Bertz CT molecular complexity index is 1300. The van der Waals surface area contributed by atoms with Crippen molar-refractivity contribution >= 4 is 33.0 Å². The highest BCUT2D eigenvalue weighted by atomic mass is 32.1. The smallest absolute Gasteiger partial charge is 0.348 e. The Morgan fingerprint density at radius 3 is 2.41 bits per heavy atom. The second-order valence-electron chi connectivity index (χ2n) is 6.29. The standard InChI is InChI=1S/C22H14N2O2S/c25-21(26)20-19(15-7-2-1-3-8-15)24-13-18(23-22(24)27-20)17-11-10-14-6-4-5-9-16(14)12-17/h1-13H,(H,25,26). The highest BCUT2D eigenvalue weighted by Gasteiger charge is 2.21. The first-order chi connectivity index (χ1) is 13.2. The van der Waals surface area contributed by atoms with Gasteiger partial charge in [-0.25, -0.2) is 9.78 Å². The Morgan fingerprint density at radius 2 is 1.63 bits per heavy atom. The van der Waals surface area contributed by atoms with Gasteiger partial charge in [-0.3, -0.25) is 4.40 Å². The Kier molecular flexibility index (Phi) is 3.55. The Balaban J connectivity index is 1.71. The first-order valence-electron chi connectivity index (χ1n) is 8.50. The van der Waals surface area contributed by atoms with Crippen LogP contribution in [0.2, 0.25) is 0 Å². The number of benzene rings is 3. The van der Waals surface area contributed by atoms with Crippen LogP contribution >= 0.6 is 11.3 Å². The number of carboxylic acids is 1. The molecule has 0 saturated heterocycles. The predicted octanol–water partition coefficient (Wildman–Crippen LogP) is 5.58. The van der Waals surface area contributed by atoms with E-state index in [2.05, 4.69) is 30.3 Å². The van der Waals surface area contributed by atoms with Crippen LogP contribution in [0.4, 0.5) is 0 Å². The molecule has 0 aliphatic carbocycles. The highest BCUT2D eigenvalue weighted by molar-refractivity contribution is 7.19. The minimum Gasteiger partial charge on any atom is -0.477 e. The second-order valence-corrected chi connectivity index (χ2v) is 7.27. The molecule has 0 aliphatic rings. The summed E-state index contributed by atoms with van der Waals surface area (Å²) in [6.45, 7) is 0. The molecule has 130 valence electrons. The molecule has 1 N–H and O–H groups in total. The summed E-state index contributed by atoms with van der Waals surface area (Å²) in [5.74, 6) is -0.934. The molecular weight excluding hydrogens is 356 g/mol. The van der Waals surface area contributed by atoms with Crippen molar-refractivity contribution in [1.82, 2.24) is 9.38 Å². The number of nitrogens with zero attached hydrogens (tertiary/aromatic N) is 2. The van der Waals surface area contributed by atoms with Gasteiger partial charge < -0.3 is 5.11 Å². The van der Waals surface area contributed by atoms with Crippen LogP contribution in [0, 0.1) is 0 Å². The highest BCUT2D eigenvalue weighted by Crippen LogP contribution is 2.34. The zero-order valence-electron chi connectivity index (χ0n) is 14.2. The quantitative estimate of drug-likeness (QED) is 0.451. The number of carbonyl (C=O) groups is 1. The van der Waals surface area contributed by atoms with E-state index in [4.69, 9.17) is 4.98 Å². The van der Waals surface area contributed by atoms with E-state index >= 15 is 0 Å². The van der Waals surface area contributed by atoms with Crippen LogP contribution in [0.3, 0.4) is 0 Å². The first-order valence-corrected chi connectivity index (χ1v) is 9.32. The van der Waals surface area contributed by atoms with Crippen molar-refractivity contribution in [2.75, 3.05) is 0 Å². The van der Waals surface area contributed by atoms with E-state index in [1.54, 1.807) is 0 Å². The van der Waals surface area contributed by atoms with E-state index in [1.165, 1.54) is 16.7 Å². The molecule has 27 heavy (non-hydrogen) atoms. The molecule has 0 saturated carbocycles. The summed E-state index contributed by atoms with van der Waals surface area (Å²) in [4.78, 5) is 17.4. The van der Waals surface area contributed by atoms with Gasteiger partial charge in [-0.05, 0) is 16.8 Å². The molecule has 5 rings (SSSR count). The van der Waals surface area contributed by atoms with Gasteiger partial charge in [-0.15, -0.1) is 0 Å². The predicted molar refractivity (Wildman–Crippen MR) is 108 cm³/mol. The van der Waals surface area contributed by atoms with Crippen molar-refractivity contribution in [2.45, 2.75) is 0 Å². The lowest BCUT2D eigenvalue weighted by Crippen LogP contribution is -1.97. The summed E-state index contributed by atoms with van der Waals surface area (Å²) in [6, 6.07) is 24.0. The molecule has 0 spiro atoms. The summed E-state index contributed by atoms with van der Waals surface area (Å²) in [5, 5.41) is 12.0. The number of fused-ring (bicyclic) bond motifs is 2. The largest absolute Gasteiger partial charge is 0.477 e. The SMILES string of the molecule is O=C(O)c1sc2nc(-c3ccc4ccccc4c3)cn2c1-c1ccccc1. The molecule has 0 amide bonds. The number of aromatic carboxylic acids is 1. The molecule has 0 aliphatic heterocycles. The van der Waals surface area contributed by atoms with Gasteiger partial charge in [0.15, 0.2) is 4.96 Å². The van der Waals surface area contributed by atoms with Crippen LogP contribution < -0.4 is 0 Å². The fourth-order valence-electron chi connectivity index (χ4n) is 3.34. The summed E-state index contributed by atoms with van der Waals surface area (Å²) in [6.07, 6.45) is 1.92. The summed E-state index contributed by atoms with van der Waals surface area (Å²) in [5.41, 5.74) is 3.38. The second kappa shape index (κ2) is 6.07. The van der Waals surface area contributed by atoms with Crippen molar-refractivity contribution < 1.29 is 9.90 Å². The van der Waals surface area contributed by atoms with Crippen molar-refractivity contribution in [3.05, 3.63) is 83.9 Å². The van der Waals surface area contributed by atoms with Crippen LogP contribution in [-0.4, -0.2) is 20.5 Å². The van der Waals surface area contributed by atoms with Gasteiger partial charge in [0.05, 0.1) is 11.4 Å². The van der Waals surface area contributed by atoms with Crippen molar-refractivity contribution in [1.29, 1.82) is 0 Å². The maximum absolute atomic E-state index is 11.7. The van der Waals surface area contributed by atoms with Gasteiger partial charge in [0.2, 0.25) is 0 Å². The van der Waals surface area contributed by atoms with Gasteiger partial charge in [0, 0.05) is 17.3 Å². The third-order valence-corrected chi connectivity index (χ3v) is 5.65. The van der Waals surface area contributed by atoms with E-state index in [9.17, 15) is 9.90 Å². The number of hydrogen-bond donors (Lipinski definition) is 1. The molecular formula is C22H14N2O2S. The fourth-order valence-corrected chi connectivity index (χ4v) is 4.31. The lowest BCUT2D eigenvalue weighted by atomic mass is 10.1. The molecule has 5 aromatic rings. The summed E-state index contributed by atoms with van der Waals surface area (Å²) < 4.78 is 1.88. The molecule has 2 heterocycles. The molecule has 5 heteroatoms. The monoisotopic (exact) mass is 370 g/mol. The number of aromatic nitrogens is 2. The Labute approximate surface area is 159 Å². The number of rotatable bonds is 3. The summed E-state index contributed by atoms with van der Waals surface area (Å²) >= 11 is 1.20. The third kappa shape index (κ3) is 2.60. The molecule has 0 atom stereocenters. The van der Waals surface area contributed by atoms with E-state index < -0.39 is 5.97 Å². The molecule has 0 bridgehead atoms. The van der Waals surface area contributed by atoms with Crippen molar-refractivity contribution in [3.8, 4) is 22.5 Å². The van der Waals surface area contributed by atoms with E-state index in [-0.39, 0.29) is 0 Å². The number of hydrogen-bond acceptors (Lipinski definition) is 3. The molecule has 3 aromatic carbocycles. The molecule has 0 fully saturated rings. The minimum atomic E-state index is -0.934. The van der Waals surface area contributed by atoms with E-state index in [0.29, 0.717) is 15.5 Å². The van der Waals surface area contributed by atoms with Gasteiger partial charge >= 0.3 is 5.97 Å². The number of carboxylic acid groups (broad SMARTS) is 1.